The van der Waals surface area contributed by atoms with Gasteiger partial charge in [-0.1, -0.05) is 12.2 Å². The van der Waals surface area contributed by atoms with E-state index in [4.69, 9.17) is 14.6 Å². The number of ether oxygens (including phenoxy) is 4. The molecule has 0 heterocycles. The second-order valence-electron chi connectivity index (χ2n) is 6.06. The third-order valence-corrected chi connectivity index (χ3v) is 2.88. The first-order valence-electron chi connectivity index (χ1n) is 9.99. The van der Waals surface area contributed by atoms with E-state index in [-0.39, 0.29) is 6.61 Å². The molecule has 0 atom stereocenters. The summed E-state index contributed by atoms with van der Waals surface area (Å²) in [5, 5.41) is 8.50. The van der Waals surface area contributed by atoms with Crippen LogP contribution in [0.5, 0.6) is 0 Å². The molecule has 0 saturated carbocycles. The minimum atomic E-state index is -0.873. The van der Waals surface area contributed by atoms with Gasteiger partial charge in [0, 0.05) is 53.6 Å². The number of unbranched alkanes of at least 4 members (excludes halogenated alkanes) is 1. The van der Waals surface area contributed by atoms with Crippen molar-refractivity contribution in [3.63, 3.8) is 0 Å². The Morgan fingerprint density at radius 3 is 1.34 bits per heavy atom. The number of rotatable bonds is 13. The Kier molecular flexibility index (Phi) is 25.5. The van der Waals surface area contributed by atoms with Gasteiger partial charge in [0.2, 0.25) is 12.6 Å². The smallest absolute Gasteiger partial charge is 0.305 e. The third kappa shape index (κ3) is 31.7. The zero-order chi connectivity index (χ0) is 25.4. The van der Waals surface area contributed by atoms with Crippen LogP contribution in [-0.2, 0) is 42.9 Å². The number of carbonyl (C=O) groups is 5. The minimum absolute atomic E-state index is 0.0287. The summed E-state index contributed by atoms with van der Waals surface area (Å²) in [5.41, 5.74) is 0. The van der Waals surface area contributed by atoms with E-state index in [1.165, 1.54) is 27.7 Å². The van der Waals surface area contributed by atoms with Gasteiger partial charge in [-0.2, -0.15) is 0 Å². The van der Waals surface area contributed by atoms with Crippen molar-refractivity contribution in [3.05, 3.63) is 25.3 Å². The molecule has 0 radical (unpaired) electrons. The molecule has 10 nitrogen and oxygen atoms in total. The lowest BCUT2D eigenvalue weighted by Crippen LogP contribution is -2.22. The molecule has 0 aliphatic carbocycles. The molecule has 0 aliphatic rings. The molecule has 0 aromatic carbocycles. The van der Waals surface area contributed by atoms with Crippen molar-refractivity contribution >= 4 is 30.2 Å². The third-order valence-electron chi connectivity index (χ3n) is 2.88. The highest BCUT2D eigenvalue weighted by atomic mass is 16.7. The van der Waals surface area contributed by atoms with Crippen LogP contribution in [-0.4, -0.2) is 54.5 Å². The van der Waals surface area contributed by atoms with E-state index in [0.717, 1.165) is 12.7 Å². The van der Waals surface area contributed by atoms with Crippen LogP contribution in [0.3, 0.4) is 0 Å². The fraction of sp³-hybridized carbons (Fsp3) is 0.591. The van der Waals surface area contributed by atoms with E-state index >= 15 is 0 Å². The number of hydrogen-bond donors (Lipinski definition) is 1. The summed E-state index contributed by atoms with van der Waals surface area (Å²) in [4.78, 5) is 51.7. The molecule has 32 heavy (non-hydrogen) atoms. The first kappa shape index (κ1) is 33.6. The number of carbonyl (C=O) groups excluding carboxylic acids is 5. The Hall–Kier alpha value is -3.01. The van der Waals surface area contributed by atoms with Crippen LogP contribution in [0.4, 0.5) is 0 Å². The maximum atomic E-state index is 10.6. The van der Waals surface area contributed by atoms with Crippen LogP contribution < -0.4 is 0 Å². The quantitative estimate of drug-likeness (QED) is 0.143. The van der Waals surface area contributed by atoms with Crippen LogP contribution >= 0.6 is 0 Å². The highest BCUT2D eigenvalue weighted by Gasteiger charge is 2.14. The van der Waals surface area contributed by atoms with Gasteiger partial charge < -0.3 is 28.8 Å². The van der Waals surface area contributed by atoms with Gasteiger partial charge in [0.25, 0.3) is 0 Å². The zero-order valence-electron chi connectivity index (χ0n) is 19.4. The van der Waals surface area contributed by atoms with Crippen molar-refractivity contribution in [3.8, 4) is 0 Å². The Morgan fingerprint density at radius 2 is 1.09 bits per heavy atom. The predicted molar refractivity (Wildman–Crippen MR) is 116 cm³/mol. The van der Waals surface area contributed by atoms with Gasteiger partial charge in [0.05, 0.1) is 0 Å². The standard InChI is InChI=1S/C9H14O4.C8H14O5.C5H8O/c1-4-5-6-9(12-7(2)10)13-8(3)11;1-6(10)12-8(4-3-5-9)13-7(2)11;1-2-3-4-5-6/h4,9H,1,5-6H2,2-3H3;8-9H,3-5H2,1-2H3;2,5H,1,3-4H2. The van der Waals surface area contributed by atoms with Gasteiger partial charge in [0.1, 0.15) is 6.29 Å². The highest BCUT2D eigenvalue weighted by molar-refractivity contribution is 5.68. The maximum absolute atomic E-state index is 10.6. The summed E-state index contributed by atoms with van der Waals surface area (Å²) < 4.78 is 18.8. The molecule has 0 rings (SSSR count). The SMILES string of the molecule is C=CCCC(OC(C)=O)OC(C)=O.C=CCCC=O.CC(=O)OC(CCCO)OC(C)=O. The Morgan fingerprint density at radius 1 is 0.719 bits per heavy atom. The molecule has 0 unspecified atom stereocenters. The molecule has 0 aromatic rings. The topological polar surface area (TPSA) is 143 Å². The lowest BCUT2D eigenvalue weighted by atomic mass is 10.3. The van der Waals surface area contributed by atoms with Crippen LogP contribution in [0, 0.1) is 0 Å². The van der Waals surface area contributed by atoms with Gasteiger partial charge in [-0.3, -0.25) is 19.2 Å². The van der Waals surface area contributed by atoms with Crippen LogP contribution in [0.25, 0.3) is 0 Å². The Labute approximate surface area is 189 Å². The highest BCUT2D eigenvalue weighted by Crippen LogP contribution is 2.06. The van der Waals surface area contributed by atoms with E-state index < -0.39 is 36.5 Å². The molecule has 0 amide bonds. The second kappa shape index (κ2) is 24.3. The molecule has 1 N–H and O–H groups in total. The fourth-order valence-electron chi connectivity index (χ4n) is 1.72. The summed E-state index contributed by atoms with van der Waals surface area (Å²) in [6, 6.07) is 0. The first-order valence-corrected chi connectivity index (χ1v) is 9.99. The van der Waals surface area contributed by atoms with Gasteiger partial charge >= 0.3 is 23.9 Å². The van der Waals surface area contributed by atoms with Crippen molar-refractivity contribution in [2.45, 2.75) is 78.8 Å². The number of hydrogen-bond acceptors (Lipinski definition) is 10. The number of allylic oxidation sites excluding steroid dienone is 2. The van der Waals surface area contributed by atoms with E-state index in [9.17, 15) is 24.0 Å². The largest absolute Gasteiger partial charge is 0.425 e. The lowest BCUT2D eigenvalue weighted by Gasteiger charge is -2.15. The Balaban J connectivity index is -0.000000422. The lowest BCUT2D eigenvalue weighted by molar-refractivity contribution is -0.187. The predicted octanol–water partition coefficient (Wildman–Crippen LogP) is 2.77. The minimum Gasteiger partial charge on any atom is -0.425 e. The van der Waals surface area contributed by atoms with Crippen LogP contribution in [0.2, 0.25) is 0 Å². The number of esters is 4. The van der Waals surface area contributed by atoms with E-state index in [1.807, 2.05) is 0 Å². The van der Waals surface area contributed by atoms with Gasteiger partial charge in [-0.25, -0.2) is 0 Å². The molecule has 0 saturated heterocycles. The molecular weight excluding hydrogens is 424 g/mol. The Bertz CT molecular complexity index is 531. The molecule has 10 heteroatoms. The molecule has 0 aliphatic heterocycles. The van der Waals surface area contributed by atoms with Crippen LogP contribution in [0.1, 0.15) is 66.2 Å². The first-order chi connectivity index (χ1) is 15.0. The summed E-state index contributed by atoms with van der Waals surface area (Å²) in [5.74, 6) is -1.95. The second-order valence-corrected chi connectivity index (χ2v) is 6.06. The summed E-state index contributed by atoms with van der Waals surface area (Å²) in [6.07, 6.45) is 5.87. The monoisotopic (exact) mass is 460 g/mol. The van der Waals surface area contributed by atoms with Gasteiger partial charge in [-0.05, 0) is 19.3 Å². The molecule has 184 valence electrons. The average Bonchev–Trinajstić information content (AvgIpc) is 2.68. The molecule has 0 fully saturated rings. The van der Waals surface area contributed by atoms with E-state index in [0.29, 0.717) is 32.1 Å². The zero-order valence-corrected chi connectivity index (χ0v) is 19.4. The van der Waals surface area contributed by atoms with Gasteiger partial charge in [-0.15, -0.1) is 13.2 Å². The maximum Gasteiger partial charge on any atom is 0.305 e. The van der Waals surface area contributed by atoms with Crippen molar-refractivity contribution in [1.29, 1.82) is 0 Å². The van der Waals surface area contributed by atoms with E-state index in [1.54, 1.807) is 12.2 Å². The number of aliphatic hydroxyl groups excluding tert-OH is 1. The number of aliphatic hydroxyl groups is 1. The fourth-order valence-corrected chi connectivity index (χ4v) is 1.72. The van der Waals surface area contributed by atoms with Gasteiger partial charge in [0.15, 0.2) is 0 Å². The normalized spacial score (nSPS) is 9.22. The number of aldehydes is 1. The summed E-state index contributed by atoms with van der Waals surface area (Å²) in [7, 11) is 0. The van der Waals surface area contributed by atoms with Crippen molar-refractivity contribution in [2.24, 2.45) is 0 Å². The molecule has 0 bridgehead atoms. The van der Waals surface area contributed by atoms with Crippen molar-refractivity contribution in [1.82, 2.24) is 0 Å². The average molecular weight is 461 g/mol. The molecule has 0 aromatic heterocycles. The molecule has 0 spiro atoms. The van der Waals surface area contributed by atoms with Crippen molar-refractivity contribution in [2.75, 3.05) is 6.61 Å². The molecular formula is C22H36O10. The van der Waals surface area contributed by atoms with Crippen LogP contribution in [0.15, 0.2) is 25.3 Å². The van der Waals surface area contributed by atoms with E-state index in [2.05, 4.69) is 22.6 Å². The summed E-state index contributed by atoms with van der Waals surface area (Å²) >= 11 is 0. The van der Waals surface area contributed by atoms with Crippen molar-refractivity contribution < 1.29 is 48.0 Å². The summed E-state index contributed by atoms with van der Waals surface area (Å²) in [6.45, 7) is 11.9.